The van der Waals surface area contributed by atoms with E-state index in [1.807, 2.05) is 73.7 Å². The second kappa shape index (κ2) is 7.88. The van der Waals surface area contributed by atoms with E-state index in [9.17, 15) is 14.4 Å². The van der Waals surface area contributed by atoms with Crippen LogP contribution in [0.1, 0.15) is 18.9 Å². The Morgan fingerprint density at radius 3 is 1.96 bits per heavy atom. The molecule has 0 fully saturated rings. The maximum absolute atomic E-state index is 11.4. The van der Waals surface area contributed by atoms with Crippen molar-refractivity contribution in [3.05, 3.63) is 78.4 Å². The third kappa shape index (κ3) is 4.23. The summed E-state index contributed by atoms with van der Waals surface area (Å²) >= 11 is 0. The molecule has 2 N–H and O–H groups in total. The highest BCUT2D eigenvalue weighted by Crippen LogP contribution is 2.45. The Morgan fingerprint density at radius 1 is 0.846 bits per heavy atom. The molecule has 0 heterocycles. The van der Waals surface area contributed by atoms with Crippen LogP contribution in [0.15, 0.2) is 72.8 Å². The van der Waals surface area contributed by atoms with Crippen LogP contribution < -0.4 is 4.52 Å². The van der Waals surface area contributed by atoms with Gasteiger partial charge in [-0.15, -0.1) is 0 Å². The normalized spacial score (nSPS) is 11.3. The smallest absolute Gasteiger partial charge is 0.404 e. The molecule has 0 spiro atoms. The summed E-state index contributed by atoms with van der Waals surface area (Å²) < 4.78 is 16.4. The Hall–Kier alpha value is -2.39. The van der Waals surface area contributed by atoms with Gasteiger partial charge in [-0.25, -0.2) is 4.57 Å². The number of hydrogen-bond acceptors (Lipinski definition) is 2. The second-order valence-electron chi connectivity index (χ2n) is 6.03. The van der Waals surface area contributed by atoms with Crippen LogP contribution >= 0.6 is 7.82 Å². The van der Waals surface area contributed by atoms with E-state index >= 15 is 0 Å². The molecule has 134 valence electrons. The van der Waals surface area contributed by atoms with Crippen molar-refractivity contribution in [1.29, 1.82) is 0 Å². The van der Waals surface area contributed by atoms with Gasteiger partial charge in [0.2, 0.25) is 0 Å². The molecule has 0 aliphatic carbocycles. The predicted molar refractivity (Wildman–Crippen MR) is 104 cm³/mol. The Balaban J connectivity index is 2.29. The summed E-state index contributed by atoms with van der Waals surface area (Å²) in [5, 5.41) is 0. The third-order valence-electron chi connectivity index (χ3n) is 4.13. The van der Waals surface area contributed by atoms with Gasteiger partial charge in [0.25, 0.3) is 0 Å². The van der Waals surface area contributed by atoms with Crippen molar-refractivity contribution < 1.29 is 18.9 Å². The summed E-state index contributed by atoms with van der Waals surface area (Å²) in [7, 11) is -4.64. The average molecular weight is 368 g/mol. The number of rotatable bonds is 6. The van der Waals surface area contributed by atoms with Crippen LogP contribution in [-0.2, 0) is 11.0 Å². The molecule has 3 rings (SSSR count). The summed E-state index contributed by atoms with van der Waals surface area (Å²) in [6.07, 6.45) is 1.48. The van der Waals surface area contributed by atoms with Crippen molar-refractivity contribution in [2.45, 2.75) is 19.8 Å². The van der Waals surface area contributed by atoms with Gasteiger partial charge in [0, 0.05) is 5.56 Å². The summed E-state index contributed by atoms with van der Waals surface area (Å²) in [4.78, 5) is 18.6. The maximum atomic E-state index is 11.4. The SMILES string of the molecule is CCCc1c(OP(=O)(O)O)ccc(-c2ccccc2)c1-c1ccccc1. The van der Waals surface area contributed by atoms with Crippen molar-refractivity contribution in [3.63, 3.8) is 0 Å². The summed E-state index contributed by atoms with van der Waals surface area (Å²) in [6.45, 7) is 2.03. The van der Waals surface area contributed by atoms with Gasteiger partial charge in [0.05, 0.1) is 0 Å². The van der Waals surface area contributed by atoms with E-state index in [0.717, 1.165) is 34.2 Å². The molecule has 5 heteroatoms. The second-order valence-corrected chi connectivity index (χ2v) is 7.19. The first-order valence-corrected chi connectivity index (χ1v) is 10.0. The predicted octanol–water partition coefficient (Wildman–Crippen LogP) is 5.44. The zero-order chi connectivity index (χ0) is 18.6. The Morgan fingerprint density at radius 2 is 1.42 bits per heavy atom. The van der Waals surface area contributed by atoms with E-state index < -0.39 is 7.82 Å². The lowest BCUT2D eigenvalue weighted by Crippen LogP contribution is -2.00. The average Bonchev–Trinajstić information content (AvgIpc) is 2.63. The molecule has 3 aromatic carbocycles. The minimum Gasteiger partial charge on any atom is -0.404 e. The highest BCUT2D eigenvalue weighted by atomic mass is 31.2. The number of hydrogen-bond donors (Lipinski definition) is 2. The molecule has 0 unspecified atom stereocenters. The quantitative estimate of drug-likeness (QED) is 0.568. The van der Waals surface area contributed by atoms with Crippen LogP contribution in [0.5, 0.6) is 5.75 Å². The molecule has 0 amide bonds. The van der Waals surface area contributed by atoms with E-state index in [1.165, 1.54) is 0 Å². The van der Waals surface area contributed by atoms with Gasteiger partial charge >= 0.3 is 7.82 Å². The molecular weight excluding hydrogens is 347 g/mol. The van der Waals surface area contributed by atoms with Crippen molar-refractivity contribution >= 4 is 7.82 Å². The van der Waals surface area contributed by atoms with Gasteiger partial charge < -0.3 is 4.52 Å². The lowest BCUT2D eigenvalue weighted by Gasteiger charge is -2.20. The fraction of sp³-hybridized carbons (Fsp3) is 0.143. The van der Waals surface area contributed by atoms with Crippen LogP contribution in [0, 0.1) is 0 Å². The first-order chi connectivity index (χ1) is 12.5. The van der Waals surface area contributed by atoms with Crippen LogP contribution in [0.4, 0.5) is 0 Å². The van der Waals surface area contributed by atoms with Crippen molar-refractivity contribution in [2.75, 3.05) is 0 Å². The van der Waals surface area contributed by atoms with Crippen molar-refractivity contribution in [1.82, 2.24) is 0 Å². The van der Waals surface area contributed by atoms with Crippen LogP contribution in [0.2, 0.25) is 0 Å². The number of benzene rings is 3. The van der Waals surface area contributed by atoms with E-state index in [-0.39, 0.29) is 5.75 Å². The van der Waals surface area contributed by atoms with E-state index in [2.05, 4.69) is 0 Å². The molecule has 0 bridgehead atoms. The maximum Gasteiger partial charge on any atom is 0.524 e. The summed E-state index contributed by atoms with van der Waals surface area (Å²) in [5.74, 6) is 0.235. The standard InChI is InChI=1S/C21H21O4P/c1-2-9-19-20(25-26(22,23)24)15-14-18(16-10-5-3-6-11-16)21(19)17-12-7-4-8-13-17/h3-8,10-15H,2,9H2,1H3,(H2,22,23,24). The molecule has 0 aliphatic heterocycles. The van der Waals surface area contributed by atoms with Gasteiger partial charge in [0.1, 0.15) is 5.75 Å². The van der Waals surface area contributed by atoms with E-state index in [0.29, 0.717) is 6.42 Å². The molecule has 0 aliphatic rings. The molecule has 0 atom stereocenters. The van der Waals surface area contributed by atoms with Crippen LogP contribution in [0.25, 0.3) is 22.3 Å². The highest BCUT2D eigenvalue weighted by molar-refractivity contribution is 7.46. The fourth-order valence-corrected chi connectivity index (χ4v) is 3.56. The van der Waals surface area contributed by atoms with Gasteiger partial charge in [-0.05, 0) is 34.7 Å². The summed E-state index contributed by atoms with van der Waals surface area (Å²) in [5.41, 5.74) is 4.81. The lowest BCUT2D eigenvalue weighted by atomic mass is 9.88. The number of phosphoric ester groups is 1. The largest absolute Gasteiger partial charge is 0.524 e. The monoisotopic (exact) mass is 368 g/mol. The fourth-order valence-electron chi connectivity index (χ4n) is 3.13. The minimum atomic E-state index is -4.64. The Labute approximate surface area is 153 Å². The molecular formula is C21H21O4P. The van der Waals surface area contributed by atoms with Gasteiger partial charge in [-0.1, -0.05) is 80.1 Å². The molecule has 26 heavy (non-hydrogen) atoms. The van der Waals surface area contributed by atoms with Crippen molar-refractivity contribution in [3.8, 4) is 28.0 Å². The summed E-state index contributed by atoms with van der Waals surface area (Å²) in [6, 6.07) is 23.3. The minimum absolute atomic E-state index is 0.235. The van der Waals surface area contributed by atoms with Gasteiger partial charge in [-0.3, -0.25) is 9.79 Å². The molecule has 0 saturated heterocycles. The van der Waals surface area contributed by atoms with E-state index in [4.69, 9.17) is 4.52 Å². The first-order valence-electron chi connectivity index (χ1n) is 8.51. The molecule has 3 aromatic rings. The zero-order valence-corrected chi connectivity index (χ0v) is 15.4. The molecule has 0 saturated carbocycles. The topological polar surface area (TPSA) is 66.8 Å². The third-order valence-corrected chi connectivity index (χ3v) is 4.57. The van der Waals surface area contributed by atoms with Gasteiger partial charge in [0.15, 0.2) is 0 Å². The number of phosphoric acid groups is 1. The zero-order valence-electron chi connectivity index (χ0n) is 14.5. The Kier molecular flexibility index (Phi) is 5.58. The molecule has 0 aromatic heterocycles. The lowest BCUT2D eigenvalue weighted by molar-refractivity contribution is 0.282. The van der Waals surface area contributed by atoms with Crippen molar-refractivity contribution in [2.24, 2.45) is 0 Å². The molecule has 4 nitrogen and oxygen atoms in total. The molecule has 0 radical (unpaired) electrons. The first kappa shape index (κ1) is 18.4. The Bertz CT molecular complexity index is 918. The van der Waals surface area contributed by atoms with E-state index in [1.54, 1.807) is 6.07 Å². The van der Waals surface area contributed by atoms with Crippen LogP contribution in [0.3, 0.4) is 0 Å². The van der Waals surface area contributed by atoms with Crippen LogP contribution in [-0.4, -0.2) is 9.79 Å². The highest BCUT2D eigenvalue weighted by Gasteiger charge is 2.22. The van der Waals surface area contributed by atoms with Gasteiger partial charge in [-0.2, -0.15) is 0 Å².